The van der Waals surface area contributed by atoms with Crippen LogP contribution in [0.15, 0.2) is 22.7 Å². The number of primary amides is 1. The first-order valence-corrected chi connectivity index (χ1v) is 7.67. The van der Waals surface area contributed by atoms with E-state index in [1.54, 1.807) is 11.3 Å². The van der Waals surface area contributed by atoms with Gasteiger partial charge in [0.05, 0.1) is 10.6 Å². The van der Waals surface area contributed by atoms with Crippen LogP contribution >= 0.6 is 23.1 Å². The van der Waals surface area contributed by atoms with E-state index in [0.29, 0.717) is 11.7 Å². The van der Waals surface area contributed by atoms with E-state index in [9.17, 15) is 9.59 Å². The highest BCUT2D eigenvalue weighted by atomic mass is 32.2. The van der Waals surface area contributed by atoms with Crippen LogP contribution in [0.1, 0.15) is 6.92 Å². The fourth-order valence-corrected chi connectivity index (χ4v) is 3.09. The molecule has 2 rings (SSSR count). The topological polar surface area (TPSA) is 103 Å². The largest absolute Gasteiger partial charge is 0.351 e. The number of carbonyl (C=O) groups is 2. The highest BCUT2D eigenvalue weighted by molar-refractivity contribution is 7.99. The summed E-state index contributed by atoms with van der Waals surface area (Å²) in [6, 6.07) is 3.06. The van der Waals surface area contributed by atoms with Crippen molar-refractivity contribution in [3.05, 3.63) is 17.5 Å². The summed E-state index contributed by atoms with van der Waals surface area (Å²) < 4.78 is 1.92. The fraction of sp³-hybridized carbons (Fsp3) is 0.273. The molecular weight excluding hydrogens is 298 g/mol. The number of nitrogens with one attached hydrogen (secondary N) is 1. The van der Waals surface area contributed by atoms with E-state index in [1.165, 1.54) is 11.8 Å². The van der Waals surface area contributed by atoms with E-state index in [2.05, 4.69) is 10.2 Å². The summed E-state index contributed by atoms with van der Waals surface area (Å²) in [6.45, 7) is 2.67. The fourth-order valence-electron chi connectivity index (χ4n) is 1.57. The minimum Gasteiger partial charge on any atom is -0.351 e. The Balaban J connectivity index is 2.09. The highest BCUT2D eigenvalue weighted by Crippen LogP contribution is 2.26. The molecule has 0 unspecified atom stereocenters. The van der Waals surface area contributed by atoms with Crippen molar-refractivity contribution < 1.29 is 9.59 Å². The molecule has 0 aliphatic carbocycles. The third-order valence-corrected chi connectivity index (χ3v) is 4.20. The van der Waals surface area contributed by atoms with E-state index in [4.69, 9.17) is 5.73 Å². The second-order valence-corrected chi connectivity index (χ2v) is 5.62. The third kappa shape index (κ3) is 3.36. The molecule has 0 aliphatic heterocycles. The minimum absolute atomic E-state index is 0.0610. The summed E-state index contributed by atoms with van der Waals surface area (Å²) >= 11 is 2.79. The normalized spacial score (nSPS) is 10.4. The molecule has 0 radical (unpaired) electrons. The van der Waals surface area contributed by atoms with Crippen molar-refractivity contribution in [2.45, 2.75) is 18.6 Å². The highest BCUT2D eigenvalue weighted by Gasteiger charge is 2.15. The molecule has 106 valence electrons. The van der Waals surface area contributed by atoms with Crippen molar-refractivity contribution >= 4 is 35.0 Å². The minimum atomic E-state index is -0.855. The standard InChI is InChI=1S/C11H13N5O2S2/c1-2-16-9(7-4-3-5-19-7)14-15-11(16)20-6-8(17)13-10(12)18/h3-5H,2,6H2,1H3,(H3,12,13,17,18). The molecule has 0 bridgehead atoms. The number of nitrogens with two attached hydrogens (primary N) is 1. The molecule has 0 fully saturated rings. The Labute approximate surface area is 123 Å². The Morgan fingerprint density at radius 2 is 2.30 bits per heavy atom. The number of aromatic nitrogens is 3. The predicted molar refractivity (Wildman–Crippen MR) is 77.5 cm³/mol. The molecule has 0 aromatic carbocycles. The molecule has 3 amide bonds. The molecule has 0 saturated heterocycles. The van der Waals surface area contributed by atoms with Crippen molar-refractivity contribution in [1.29, 1.82) is 0 Å². The molecular formula is C11H13N5O2S2. The number of imide groups is 1. The lowest BCUT2D eigenvalue weighted by molar-refractivity contribution is -0.117. The van der Waals surface area contributed by atoms with E-state index >= 15 is 0 Å². The van der Waals surface area contributed by atoms with Crippen LogP contribution in [0.25, 0.3) is 10.7 Å². The first-order chi connectivity index (χ1) is 9.61. The van der Waals surface area contributed by atoms with Gasteiger partial charge < -0.3 is 10.3 Å². The monoisotopic (exact) mass is 311 g/mol. The Morgan fingerprint density at radius 1 is 1.50 bits per heavy atom. The molecule has 0 atom stereocenters. The van der Waals surface area contributed by atoms with Crippen LogP contribution in [0.4, 0.5) is 4.79 Å². The lowest BCUT2D eigenvalue weighted by Gasteiger charge is -2.05. The second-order valence-electron chi connectivity index (χ2n) is 3.73. The zero-order chi connectivity index (χ0) is 14.5. The Hall–Kier alpha value is -1.87. The molecule has 7 nitrogen and oxygen atoms in total. The van der Waals surface area contributed by atoms with E-state index in [1.807, 2.05) is 34.3 Å². The number of amides is 3. The van der Waals surface area contributed by atoms with Gasteiger partial charge in [0, 0.05) is 6.54 Å². The summed E-state index contributed by atoms with van der Waals surface area (Å²) in [5, 5.41) is 12.8. The number of rotatable bonds is 5. The van der Waals surface area contributed by atoms with Gasteiger partial charge in [-0.2, -0.15) is 0 Å². The van der Waals surface area contributed by atoms with Crippen LogP contribution < -0.4 is 11.1 Å². The van der Waals surface area contributed by atoms with Gasteiger partial charge in [-0.25, -0.2) is 4.79 Å². The lowest BCUT2D eigenvalue weighted by atomic mass is 10.4. The molecule has 2 aromatic rings. The van der Waals surface area contributed by atoms with E-state index in [0.717, 1.165) is 10.7 Å². The number of hydrogen-bond acceptors (Lipinski definition) is 6. The Kier molecular flexibility index (Phi) is 4.74. The predicted octanol–water partition coefficient (Wildman–Crippen LogP) is 1.31. The smallest absolute Gasteiger partial charge is 0.318 e. The van der Waals surface area contributed by atoms with Crippen molar-refractivity contribution in [3.63, 3.8) is 0 Å². The average Bonchev–Trinajstić information content (AvgIpc) is 3.03. The summed E-state index contributed by atoms with van der Waals surface area (Å²) in [5.41, 5.74) is 4.87. The molecule has 2 heterocycles. The molecule has 3 N–H and O–H groups in total. The molecule has 0 spiro atoms. The maximum Gasteiger partial charge on any atom is 0.318 e. The maximum absolute atomic E-state index is 11.4. The molecule has 2 aromatic heterocycles. The molecule has 0 saturated carbocycles. The molecule has 9 heteroatoms. The van der Waals surface area contributed by atoms with Crippen LogP contribution in [0.2, 0.25) is 0 Å². The van der Waals surface area contributed by atoms with Gasteiger partial charge in [-0.15, -0.1) is 21.5 Å². The quantitative estimate of drug-likeness (QED) is 0.810. The van der Waals surface area contributed by atoms with Gasteiger partial charge in [-0.1, -0.05) is 17.8 Å². The number of hydrogen-bond donors (Lipinski definition) is 2. The van der Waals surface area contributed by atoms with Gasteiger partial charge in [-0.3, -0.25) is 10.1 Å². The summed E-state index contributed by atoms with van der Waals surface area (Å²) in [4.78, 5) is 22.9. The van der Waals surface area contributed by atoms with Crippen LogP contribution in [0, 0.1) is 0 Å². The zero-order valence-corrected chi connectivity index (χ0v) is 12.3. The van der Waals surface area contributed by atoms with E-state index < -0.39 is 11.9 Å². The van der Waals surface area contributed by atoms with Crippen molar-refractivity contribution in [1.82, 2.24) is 20.1 Å². The van der Waals surface area contributed by atoms with Crippen molar-refractivity contribution in [2.75, 3.05) is 5.75 Å². The maximum atomic E-state index is 11.4. The van der Waals surface area contributed by atoms with Crippen LogP contribution in [-0.2, 0) is 11.3 Å². The summed E-state index contributed by atoms with van der Waals surface area (Å²) in [7, 11) is 0. The first kappa shape index (κ1) is 14.5. The Bertz CT molecular complexity index is 608. The van der Waals surface area contributed by atoms with Crippen molar-refractivity contribution in [2.24, 2.45) is 5.73 Å². The van der Waals surface area contributed by atoms with Crippen LogP contribution in [-0.4, -0.2) is 32.5 Å². The van der Waals surface area contributed by atoms with Crippen molar-refractivity contribution in [3.8, 4) is 10.7 Å². The number of nitrogens with zero attached hydrogens (tertiary/aromatic N) is 3. The van der Waals surface area contributed by atoms with Gasteiger partial charge >= 0.3 is 6.03 Å². The average molecular weight is 311 g/mol. The van der Waals surface area contributed by atoms with Gasteiger partial charge in [0.25, 0.3) is 0 Å². The SMILES string of the molecule is CCn1c(SCC(=O)NC(N)=O)nnc1-c1cccs1. The van der Waals surface area contributed by atoms with E-state index in [-0.39, 0.29) is 5.75 Å². The molecule has 20 heavy (non-hydrogen) atoms. The number of carbonyl (C=O) groups excluding carboxylic acids is 2. The summed E-state index contributed by atoms with van der Waals surface area (Å²) in [5.74, 6) is 0.386. The Morgan fingerprint density at radius 3 is 2.90 bits per heavy atom. The van der Waals surface area contributed by atoms with Gasteiger partial charge in [0.15, 0.2) is 11.0 Å². The zero-order valence-electron chi connectivity index (χ0n) is 10.7. The van der Waals surface area contributed by atoms with Crippen LogP contribution in [0.3, 0.4) is 0 Å². The number of thiophene rings is 1. The second kappa shape index (κ2) is 6.53. The first-order valence-electron chi connectivity index (χ1n) is 5.81. The van der Waals surface area contributed by atoms with Gasteiger partial charge in [-0.05, 0) is 18.4 Å². The number of thioether (sulfide) groups is 1. The lowest BCUT2D eigenvalue weighted by Crippen LogP contribution is -2.36. The summed E-state index contributed by atoms with van der Waals surface area (Å²) in [6.07, 6.45) is 0. The van der Waals surface area contributed by atoms with Gasteiger partial charge in [0.2, 0.25) is 5.91 Å². The number of urea groups is 1. The van der Waals surface area contributed by atoms with Crippen LogP contribution in [0.5, 0.6) is 0 Å². The van der Waals surface area contributed by atoms with Gasteiger partial charge in [0.1, 0.15) is 0 Å². The molecule has 0 aliphatic rings. The third-order valence-electron chi connectivity index (χ3n) is 2.37.